The first-order valence-electron chi connectivity index (χ1n) is 9.82. The van der Waals surface area contributed by atoms with Gasteiger partial charge in [-0.15, -0.1) is 0 Å². The highest BCUT2D eigenvalue weighted by molar-refractivity contribution is 6.37. The minimum atomic E-state index is -0.345. The number of rotatable bonds is 3. The van der Waals surface area contributed by atoms with Crippen LogP contribution in [0.25, 0.3) is 11.0 Å². The normalized spacial score (nSPS) is 13.4. The van der Waals surface area contributed by atoms with Crippen LogP contribution in [0.2, 0.25) is 0 Å². The average molecular weight is 396 g/mol. The third-order valence-corrected chi connectivity index (χ3v) is 5.71. The van der Waals surface area contributed by atoms with Crippen LogP contribution in [0, 0.1) is 20.8 Å². The zero-order valence-electron chi connectivity index (χ0n) is 17.0. The van der Waals surface area contributed by atoms with Crippen LogP contribution < -0.4 is 4.90 Å². The van der Waals surface area contributed by atoms with E-state index in [2.05, 4.69) is 10.1 Å². The fourth-order valence-corrected chi connectivity index (χ4v) is 3.99. The van der Waals surface area contributed by atoms with Crippen molar-refractivity contribution < 1.29 is 9.59 Å². The molecule has 0 saturated carbocycles. The third-order valence-electron chi connectivity index (χ3n) is 5.71. The van der Waals surface area contributed by atoms with Crippen molar-refractivity contribution in [3.8, 4) is 0 Å². The molecular formula is C24H20N4O2. The summed E-state index contributed by atoms with van der Waals surface area (Å²) < 4.78 is 1.79. The van der Waals surface area contributed by atoms with Crippen molar-refractivity contribution in [2.75, 3.05) is 4.90 Å². The van der Waals surface area contributed by atoms with E-state index < -0.39 is 0 Å². The average Bonchev–Trinajstić information content (AvgIpc) is 3.19. The van der Waals surface area contributed by atoms with Crippen molar-refractivity contribution >= 4 is 28.5 Å². The summed E-state index contributed by atoms with van der Waals surface area (Å²) in [6.07, 6.45) is 1.50. The van der Waals surface area contributed by atoms with Gasteiger partial charge in [0.2, 0.25) is 0 Å². The maximum absolute atomic E-state index is 13.4. The number of nitrogens with zero attached hydrogens (tertiary/aromatic N) is 4. The van der Waals surface area contributed by atoms with Gasteiger partial charge in [-0.2, -0.15) is 5.10 Å². The molecule has 0 unspecified atom stereocenters. The van der Waals surface area contributed by atoms with Gasteiger partial charge in [-0.3, -0.25) is 9.59 Å². The van der Waals surface area contributed by atoms with Gasteiger partial charge in [0.15, 0.2) is 5.65 Å². The van der Waals surface area contributed by atoms with E-state index in [0.29, 0.717) is 40.1 Å². The highest BCUT2D eigenvalue weighted by atomic mass is 16.2. The van der Waals surface area contributed by atoms with E-state index in [1.165, 1.54) is 11.1 Å². The van der Waals surface area contributed by atoms with Gasteiger partial charge in [0.05, 0.1) is 34.4 Å². The highest BCUT2D eigenvalue weighted by Gasteiger charge is 2.40. The molecule has 5 rings (SSSR count). The Morgan fingerprint density at radius 3 is 2.40 bits per heavy atom. The molecule has 0 spiro atoms. The maximum Gasteiger partial charge on any atom is 0.267 e. The second-order valence-corrected chi connectivity index (χ2v) is 7.69. The smallest absolute Gasteiger partial charge is 0.267 e. The van der Waals surface area contributed by atoms with Crippen molar-refractivity contribution in [1.29, 1.82) is 0 Å². The van der Waals surface area contributed by atoms with Crippen LogP contribution >= 0.6 is 0 Å². The Bertz CT molecular complexity index is 1340. The lowest BCUT2D eigenvalue weighted by Gasteiger charge is -2.15. The quantitative estimate of drug-likeness (QED) is 0.487. The molecule has 6 nitrogen and oxygen atoms in total. The molecule has 0 N–H and O–H groups in total. The van der Waals surface area contributed by atoms with E-state index in [9.17, 15) is 9.59 Å². The van der Waals surface area contributed by atoms with Crippen LogP contribution in [0.15, 0.2) is 54.7 Å². The Morgan fingerprint density at radius 2 is 1.67 bits per heavy atom. The van der Waals surface area contributed by atoms with Gasteiger partial charge < -0.3 is 0 Å². The number of carbonyl (C=O) groups excluding carboxylic acids is 2. The van der Waals surface area contributed by atoms with Crippen molar-refractivity contribution in [1.82, 2.24) is 14.8 Å². The van der Waals surface area contributed by atoms with Crippen LogP contribution in [0.1, 0.15) is 43.1 Å². The summed E-state index contributed by atoms with van der Waals surface area (Å²) in [7, 11) is 0. The summed E-state index contributed by atoms with van der Waals surface area (Å²) in [4.78, 5) is 32.2. The lowest BCUT2D eigenvalue weighted by Crippen LogP contribution is -2.29. The lowest BCUT2D eigenvalue weighted by molar-refractivity contribution is 0.0926. The topological polar surface area (TPSA) is 68.1 Å². The maximum atomic E-state index is 13.4. The molecule has 1 aliphatic heterocycles. The van der Waals surface area contributed by atoms with E-state index in [1.54, 1.807) is 10.7 Å². The molecule has 0 saturated heterocycles. The Morgan fingerprint density at radius 1 is 0.900 bits per heavy atom. The van der Waals surface area contributed by atoms with Gasteiger partial charge in [-0.05, 0) is 49.6 Å². The summed E-state index contributed by atoms with van der Waals surface area (Å²) in [5.74, 6) is -0.670. The number of carbonyl (C=O) groups is 2. The Balaban J connectivity index is 1.63. The van der Waals surface area contributed by atoms with Crippen LogP contribution in [0.5, 0.6) is 0 Å². The molecule has 0 bridgehead atoms. The standard InChI is InChI=1S/C24H20N4O2/c1-14-9-10-18(11-15(14)2)28-23(29)19-12-25-22-20(21(19)24(28)30)16(3)26-27(22)13-17-7-5-4-6-8-17/h4-12H,13H2,1-3H3. The number of pyridine rings is 1. The van der Waals surface area contributed by atoms with E-state index >= 15 is 0 Å². The Hall–Kier alpha value is -3.80. The largest absolute Gasteiger partial charge is 0.268 e. The summed E-state index contributed by atoms with van der Waals surface area (Å²) >= 11 is 0. The minimum absolute atomic E-state index is 0.326. The molecule has 0 atom stereocenters. The van der Waals surface area contributed by atoms with Crippen molar-refractivity contribution in [2.45, 2.75) is 27.3 Å². The summed E-state index contributed by atoms with van der Waals surface area (Å²) in [5.41, 5.74) is 5.81. The molecule has 2 aromatic heterocycles. The van der Waals surface area contributed by atoms with Gasteiger partial charge in [0, 0.05) is 6.20 Å². The van der Waals surface area contributed by atoms with Gasteiger partial charge in [-0.1, -0.05) is 36.4 Å². The number of imide groups is 1. The zero-order chi connectivity index (χ0) is 21.0. The number of fused-ring (bicyclic) bond motifs is 3. The molecule has 6 heteroatoms. The molecule has 148 valence electrons. The number of benzene rings is 2. The highest BCUT2D eigenvalue weighted by Crippen LogP contribution is 2.34. The molecule has 0 fully saturated rings. The van der Waals surface area contributed by atoms with E-state index in [-0.39, 0.29) is 11.8 Å². The molecule has 3 heterocycles. The molecule has 0 aliphatic carbocycles. The number of hydrogen-bond acceptors (Lipinski definition) is 4. The first-order valence-corrected chi connectivity index (χ1v) is 9.82. The van der Waals surface area contributed by atoms with Crippen LogP contribution in [-0.2, 0) is 6.54 Å². The second kappa shape index (κ2) is 6.62. The van der Waals surface area contributed by atoms with E-state index in [1.807, 2.05) is 63.2 Å². The SMILES string of the molecule is Cc1ccc(N2C(=O)c3cnc4c(c(C)nn4Cc4ccccc4)c3C2=O)cc1C. The van der Waals surface area contributed by atoms with Gasteiger partial charge in [0.25, 0.3) is 11.8 Å². The van der Waals surface area contributed by atoms with Gasteiger partial charge in [-0.25, -0.2) is 14.6 Å². The van der Waals surface area contributed by atoms with Gasteiger partial charge in [0.1, 0.15) is 0 Å². The second-order valence-electron chi connectivity index (χ2n) is 7.69. The number of aromatic nitrogens is 3. The first-order chi connectivity index (χ1) is 14.5. The molecule has 2 amide bonds. The zero-order valence-corrected chi connectivity index (χ0v) is 17.0. The monoisotopic (exact) mass is 396 g/mol. The fourth-order valence-electron chi connectivity index (χ4n) is 3.99. The van der Waals surface area contributed by atoms with Crippen LogP contribution in [0.4, 0.5) is 5.69 Å². The molecule has 1 aliphatic rings. The van der Waals surface area contributed by atoms with Crippen molar-refractivity contribution in [3.63, 3.8) is 0 Å². The molecule has 0 radical (unpaired) electrons. The minimum Gasteiger partial charge on any atom is -0.268 e. The van der Waals surface area contributed by atoms with Crippen LogP contribution in [-0.4, -0.2) is 26.6 Å². The lowest BCUT2D eigenvalue weighted by atomic mass is 10.1. The van der Waals surface area contributed by atoms with Gasteiger partial charge >= 0.3 is 0 Å². The number of aryl methyl sites for hydroxylation is 3. The molecule has 4 aromatic rings. The molecule has 2 aromatic carbocycles. The predicted octanol–water partition coefficient (Wildman–Crippen LogP) is 4.21. The molecular weight excluding hydrogens is 376 g/mol. The first kappa shape index (κ1) is 18.2. The van der Waals surface area contributed by atoms with Crippen LogP contribution in [0.3, 0.4) is 0 Å². The van der Waals surface area contributed by atoms with E-state index in [4.69, 9.17) is 0 Å². The Labute approximate surface area is 173 Å². The fraction of sp³-hybridized carbons (Fsp3) is 0.167. The van der Waals surface area contributed by atoms with Crippen molar-refractivity contribution in [2.24, 2.45) is 0 Å². The van der Waals surface area contributed by atoms with Crippen molar-refractivity contribution in [3.05, 3.63) is 88.2 Å². The summed E-state index contributed by atoms with van der Waals surface area (Å²) in [6, 6.07) is 15.6. The Kier molecular flexibility index (Phi) is 4.03. The summed E-state index contributed by atoms with van der Waals surface area (Å²) in [5, 5.41) is 5.26. The number of anilines is 1. The predicted molar refractivity (Wildman–Crippen MR) is 115 cm³/mol. The summed E-state index contributed by atoms with van der Waals surface area (Å²) in [6.45, 7) is 6.36. The number of hydrogen-bond donors (Lipinski definition) is 0. The number of amides is 2. The van der Waals surface area contributed by atoms with E-state index in [0.717, 1.165) is 16.7 Å². The third kappa shape index (κ3) is 2.64. The molecule has 30 heavy (non-hydrogen) atoms.